The molecule has 3 rings (SSSR count). The van der Waals surface area contributed by atoms with Crippen LogP contribution in [0.15, 0.2) is 24.3 Å². The highest BCUT2D eigenvalue weighted by Crippen LogP contribution is 2.26. The van der Waals surface area contributed by atoms with Gasteiger partial charge in [0.2, 0.25) is 5.91 Å². The van der Waals surface area contributed by atoms with Gasteiger partial charge >= 0.3 is 6.09 Å². The van der Waals surface area contributed by atoms with Crippen molar-refractivity contribution in [2.45, 2.75) is 36.5 Å². The molecule has 2 amide bonds. The number of β-amino-alcohol motifs (C(OH)–C–C–N with tert-alkyl or cyclic N) is 2. The molecule has 10 nitrogen and oxygen atoms in total. The largest absolute Gasteiger partial charge is 0.445 e. The number of rotatable bonds is 4. The minimum absolute atomic E-state index is 0.0133. The smallest absolute Gasteiger partial charge is 0.410 e. The average molecular weight is 411 g/mol. The van der Waals surface area contributed by atoms with Gasteiger partial charge in [0.15, 0.2) is 0 Å². The zero-order chi connectivity index (χ0) is 20.4. The van der Waals surface area contributed by atoms with Crippen molar-refractivity contribution in [2.24, 2.45) is 0 Å². The van der Waals surface area contributed by atoms with Gasteiger partial charge in [-0.15, -0.1) is 0 Å². The summed E-state index contributed by atoms with van der Waals surface area (Å²) in [6.45, 7) is 0.170. The second-order valence-corrected chi connectivity index (χ2v) is 7.64. The molecule has 0 saturated carbocycles. The van der Waals surface area contributed by atoms with E-state index in [1.165, 1.54) is 34.1 Å². The lowest BCUT2D eigenvalue weighted by atomic mass is 10.2. The van der Waals surface area contributed by atoms with Gasteiger partial charge in [0.05, 0.1) is 17.1 Å². The summed E-state index contributed by atoms with van der Waals surface area (Å²) in [6.07, 6.45) is -2.34. The van der Waals surface area contributed by atoms with E-state index in [0.717, 1.165) is 0 Å². The third-order valence-corrected chi connectivity index (χ3v) is 5.25. The van der Waals surface area contributed by atoms with Crippen LogP contribution >= 0.6 is 12.6 Å². The summed E-state index contributed by atoms with van der Waals surface area (Å²) in [6, 6.07) is 4.85. The first-order valence-corrected chi connectivity index (χ1v) is 9.27. The number of hydrogen-bond donors (Lipinski definition) is 3. The van der Waals surface area contributed by atoms with Crippen LogP contribution in [0.5, 0.6) is 0 Å². The fourth-order valence-electron chi connectivity index (χ4n) is 3.35. The first-order valence-electron chi connectivity index (χ1n) is 8.76. The predicted octanol–water partition coefficient (Wildman–Crippen LogP) is 0.168. The minimum atomic E-state index is -1.00. The number of amides is 2. The van der Waals surface area contributed by atoms with E-state index in [0.29, 0.717) is 12.0 Å². The van der Waals surface area contributed by atoms with Crippen molar-refractivity contribution in [2.75, 3.05) is 19.6 Å². The van der Waals surface area contributed by atoms with Crippen molar-refractivity contribution < 1.29 is 29.5 Å². The summed E-state index contributed by atoms with van der Waals surface area (Å²) in [7, 11) is 0. The molecular weight excluding hydrogens is 390 g/mol. The van der Waals surface area contributed by atoms with Crippen LogP contribution in [0.2, 0.25) is 0 Å². The van der Waals surface area contributed by atoms with Gasteiger partial charge in [-0.05, 0) is 24.1 Å². The number of non-ortho nitro benzene ring substituents is 1. The van der Waals surface area contributed by atoms with Gasteiger partial charge < -0.3 is 19.8 Å². The van der Waals surface area contributed by atoms with Gasteiger partial charge in [-0.2, -0.15) is 12.6 Å². The molecule has 2 N–H and O–H groups in total. The Morgan fingerprint density at radius 1 is 1.18 bits per heavy atom. The van der Waals surface area contributed by atoms with Crippen molar-refractivity contribution in [3.05, 3.63) is 39.9 Å². The number of thiol groups is 1. The number of carbonyl (C=O) groups is 2. The Bertz CT molecular complexity index is 750. The maximum Gasteiger partial charge on any atom is 0.410 e. The van der Waals surface area contributed by atoms with E-state index in [4.69, 9.17) is 4.74 Å². The van der Waals surface area contributed by atoms with Crippen LogP contribution in [-0.2, 0) is 16.1 Å². The van der Waals surface area contributed by atoms with Crippen molar-refractivity contribution in [1.29, 1.82) is 0 Å². The molecule has 1 aromatic carbocycles. The Kier molecular flexibility index (Phi) is 6.06. The standard InChI is InChI=1S/C17H21N3O7S/c21-14-7-18(8-15(14)22)16(23)13-5-12(28)6-19(13)17(24)27-9-10-1-3-11(4-2-10)20(25)26/h1-4,12-15,21-22,28H,5-9H2/t12-,13+,14+,15+/m1/s1. The monoisotopic (exact) mass is 411 g/mol. The molecule has 0 spiro atoms. The summed E-state index contributed by atoms with van der Waals surface area (Å²) < 4.78 is 5.26. The van der Waals surface area contributed by atoms with Gasteiger partial charge in [0.1, 0.15) is 12.6 Å². The van der Waals surface area contributed by atoms with E-state index in [-0.39, 0.29) is 43.1 Å². The molecule has 2 saturated heterocycles. The topological polar surface area (TPSA) is 133 Å². The zero-order valence-corrected chi connectivity index (χ0v) is 15.8. The first kappa shape index (κ1) is 20.4. The van der Waals surface area contributed by atoms with E-state index in [9.17, 15) is 29.9 Å². The Morgan fingerprint density at radius 3 is 2.36 bits per heavy atom. The molecule has 0 unspecified atom stereocenters. The molecule has 2 heterocycles. The summed E-state index contributed by atoms with van der Waals surface area (Å²) in [5.74, 6) is -0.362. The van der Waals surface area contributed by atoms with Gasteiger partial charge in [-0.1, -0.05) is 0 Å². The molecule has 0 bridgehead atoms. The Labute approximate surface area is 166 Å². The Morgan fingerprint density at radius 2 is 1.79 bits per heavy atom. The summed E-state index contributed by atoms with van der Waals surface area (Å²) in [5, 5.41) is 29.8. The van der Waals surface area contributed by atoms with Crippen LogP contribution in [0, 0.1) is 10.1 Å². The number of nitro groups is 1. The molecule has 11 heteroatoms. The number of benzene rings is 1. The highest BCUT2D eigenvalue weighted by molar-refractivity contribution is 7.81. The van der Waals surface area contributed by atoms with E-state index >= 15 is 0 Å². The van der Waals surface area contributed by atoms with Crippen LogP contribution in [-0.4, -0.2) is 80.1 Å². The van der Waals surface area contributed by atoms with E-state index in [1.54, 1.807) is 0 Å². The highest BCUT2D eigenvalue weighted by atomic mass is 32.1. The fraction of sp³-hybridized carbons (Fsp3) is 0.529. The number of hydrogen-bond acceptors (Lipinski definition) is 8. The number of aliphatic hydroxyl groups is 2. The van der Waals surface area contributed by atoms with Crippen LogP contribution in [0.4, 0.5) is 10.5 Å². The molecule has 4 atom stereocenters. The van der Waals surface area contributed by atoms with Gasteiger partial charge in [-0.3, -0.25) is 19.8 Å². The van der Waals surface area contributed by atoms with E-state index < -0.39 is 29.3 Å². The van der Waals surface area contributed by atoms with Crippen molar-refractivity contribution in [3.63, 3.8) is 0 Å². The van der Waals surface area contributed by atoms with Crippen molar-refractivity contribution in [3.8, 4) is 0 Å². The van der Waals surface area contributed by atoms with Gasteiger partial charge in [0, 0.05) is 37.0 Å². The maximum absolute atomic E-state index is 12.7. The second kappa shape index (κ2) is 8.33. The van der Waals surface area contributed by atoms with E-state index in [2.05, 4.69) is 12.6 Å². The minimum Gasteiger partial charge on any atom is -0.445 e. The molecule has 2 aliphatic rings. The molecule has 0 radical (unpaired) electrons. The number of aliphatic hydroxyl groups excluding tert-OH is 2. The van der Waals surface area contributed by atoms with Crippen molar-refractivity contribution in [1.82, 2.24) is 9.80 Å². The van der Waals surface area contributed by atoms with E-state index in [1.807, 2.05) is 0 Å². The molecule has 2 fully saturated rings. The third-order valence-electron chi connectivity index (χ3n) is 4.88. The van der Waals surface area contributed by atoms with Gasteiger partial charge in [0.25, 0.3) is 5.69 Å². The Hall–Kier alpha value is -2.37. The summed E-state index contributed by atoms with van der Waals surface area (Å²) >= 11 is 4.36. The quantitative estimate of drug-likeness (QED) is 0.365. The predicted molar refractivity (Wildman–Crippen MR) is 99.8 cm³/mol. The third kappa shape index (κ3) is 4.37. The molecule has 1 aromatic rings. The fourth-order valence-corrected chi connectivity index (χ4v) is 3.73. The molecule has 152 valence electrons. The van der Waals surface area contributed by atoms with Crippen LogP contribution in [0.1, 0.15) is 12.0 Å². The van der Waals surface area contributed by atoms with Crippen LogP contribution < -0.4 is 0 Å². The lowest BCUT2D eigenvalue weighted by molar-refractivity contribution is -0.384. The average Bonchev–Trinajstić information content (AvgIpc) is 3.22. The van der Waals surface area contributed by atoms with Gasteiger partial charge in [-0.25, -0.2) is 4.79 Å². The second-order valence-electron chi connectivity index (χ2n) is 6.91. The summed E-state index contributed by atoms with van der Waals surface area (Å²) in [4.78, 5) is 38.0. The molecule has 2 aliphatic heterocycles. The molecule has 28 heavy (non-hydrogen) atoms. The highest BCUT2D eigenvalue weighted by Gasteiger charge is 2.43. The number of likely N-dealkylation sites (tertiary alicyclic amines) is 2. The number of ether oxygens (including phenoxy) is 1. The normalized spacial score (nSPS) is 27.1. The van der Waals surface area contributed by atoms with Crippen molar-refractivity contribution >= 4 is 30.3 Å². The summed E-state index contributed by atoms with van der Waals surface area (Å²) in [5.41, 5.74) is 0.516. The SMILES string of the molecule is O=C([C@@H]1C[C@@H](S)CN1C(=O)OCc1ccc([N+](=O)[O-])cc1)N1C[C@H](O)[C@@H](O)C1. The van der Waals surface area contributed by atoms with Crippen LogP contribution in [0.25, 0.3) is 0 Å². The number of carbonyl (C=O) groups excluding carboxylic acids is 2. The zero-order valence-electron chi connectivity index (χ0n) is 14.9. The number of nitro benzene ring substituents is 1. The molecular formula is C17H21N3O7S. The maximum atomic E-state index is 12.7. The lowest BCUT2D eigenvalue weighted by Crippen LogP contribution is -2.47. The molecule has 0 aromatic heterocycles. The molecule has 0 aliphatic carbocycles. The number of nitrogens with zero attached hydrogens (tertiary/aromatic N) is 3. The van der Waals surface area contributed by atoms with Crippen LogP contribution in [0.3, 0.4) is 0 Å². The Balaban J connectivity index is 1.61. The first-order chi connectivity index (χ1) is 13.3. The lowest BCUT2D eigenvalue weighted by Gasteiger charge is -2.27.